The van der Waals surface area contributed by atoms with Crippen LogP contribution in [0.4, 0.5) is 20.6 Å². The normalized spacial score (nSPS) is 21.1. The molecule has 1 saturated heterocycles. The molecule has 0 bridgehead atoms. The Balaban J connectivity index is 2.03. The number of nitrogens with zero attached hydrogens (tertiary/aromatic N) is 1. The summed E-state index contributed by atoms with van der Waals surface area (Å²) in [6.45, 7) is 8.80. The zero-order chi connectivity index (χ0) is 18.6. The van der Waals surface area contributed by atoms with E-state index >= 15 is 0 Å². The zero-order valence-electron chi connectivity index (χ0n) is 15.3. The highest BCUT2D eigenvalue weighted by atomic mass is 19.1. The highest BCUT2D eigenvalue weighted by molar-refractivity contribution is 5.90. The number of hydrogen-bond acceptors (Lipinski definition) is 4. The molecule has 7 heteroatoms. The van der Waals surface area contributed by atoms with Crippen LogP contribution in [0.25, 0.3) is 0 Å². The Kier molecular flexibility index (Phi) is 6.24. The number of amides is 2. The monoisotopic (exact) mass is 353 g/mol. The van der Waals surface area contributed by atoms with Gasteiger partial charge in [-0.05, 0) is 52.3 Å². The number of hydrogen-bond donors (Lipinski definition) is 3. The summed E-state index contributed by atoms with van der Waals surface area (Å²) in [6, 6.07) is 4.24. The van der Waals surface area contributed by atoms with Crippen molar-refractivity contribution in [2.45, 2.75) is 51.9 Å². The number of morpholine rings is 1. The number of rotatable bonds is 5. The average Bonchev–Trinajstić information content (AvgIpc) is 2.45. The van der Waals surface area contributed by atoms with Crippen molar-refractivity contribution in [1.82, 2.24) is 5.32 Å². The van der Waals surface area contributed by atoms with Gasteiger partial charge in [-0.15, -0.1) is 0 Å². The lowest BCUT2D eigenvalue weighted by atomic mass is 10.0. The number of anilines is 2. The van der Waals surface area contributed by atoms with Gasteiger partial charge in [0.05, 0.1) is 17.9 Å². The van der Waals surface area contributed by atoms with Crippen LogP contribution in [-0.4, -0.2) is 48.6 Å². The van der Waals surface area contributed by atoms with Crippen molar-refractivity contribution in [3.8, 4) is 0 Å². The Labute approximate surface area is 148 Å². The minimum Gasteiger partial charge on any atom is -0.396 e. The van der Waals surface area contributed by atoms with Crippen molar-refractivity contribution < 1.29 is 19.0 Å². The Morgan fingerprint density at radius 2 is 2.00 bits per heavy atom. The van der Waals surface area contributed by atoms with Crippen LogP contribution in [0.15, 0.2) is 18.2 Å². The second-order valence-electron chi connectivity index (χ2n) is 7.27. The first-order chi connectivity index (χ1) is 11.7. The van der Waals surface area contributed by atoms with E-state index in [0.717, 1.165) is 0 Å². The smallest absolute Gasteiger partial charge is 0.319 e. The third kappa shape index (κ3) is 5.57. The standard InChI is InChI=1S/C18H28FN3O3/c1-12-10-22(11-13(2)25-12)16-6-5-14(9-15(16)19)20-17(24)21-18(3,4)7-8-23/h5-6,9,12-13,23H,7-8,10-11H2,1-4H3,(H2,20,21,24)/t12-,13-/m1/s1. The molecule has 140 valence electrons. The van der Waals surface area contributed by atoms with E-state index < -0.39 is 11.6 Å². The van der Waals surface area contributed by atoms with E-state index in [-0.39, 0.29) is 24.6 Å². The molecule has 0 aliphatic carbocycles. The molecular weight excluding hydrogens is 325 g/mol. The third-order valence-electron chi connectivity index (χ3n) is 4.15. The first-order valence-electron chi connectivity index (χ1n) is 8.60. The maximum atomic E-state index is 14.5. The van der Waals surface area contributed by atoms with Gasteiger partial charge in [-0.1, -0.05) is 0 Å². The molecule has 1 aliphatic heterocycles. The predicted octanol–water partition coefficient (Wildman–Crippen LogP) is 2.72. The van der Waals surface area contributed by atoms with Gasteiger partial charge in [0.25, 0.3) is 0 Å². The topological polar surface area (TPSA) is 73.8 Å². The lowest BCUT2D eigenvalue weighted by Gasteiger charge is -2.37. The fourth-order valence-electron chi connectivity index (χ4n) is 3.03. The van der Waals surface area contributed by atoms with Gasteiger partial charge in [0.1, 0.15) is 5.82 Å². The molecule has 6 nitrogen and oxygen atoms in total. The van der Waals surface area contributed by atoms with Gasteiger partial charge in [0, 0.05) is 30.9 Å². The minimum absolute atomic E-state index is 0.0208. The average molecular weight is 353 g/mol. The van der Waals surface area contributed by atoms with Gasteiger partial charge in [-0.2, -0.15) is 0 Å². The number of carbonyl (C=O) groups excluding carboxylic acids is 1. The summed E-state index contributed by atoms with van der Waals surface area (Å²) >= 11 is 0. The van der Waals surface area contributed by atoms with Crippen molar-refractivity contribution in [3.63, 3.8) is 0 Å². The Hall–Kier alpha value is -1.86. The van der Waals surface area contributed by atoms with Crippen molar-refractivity contribution in [1.29, 1.82) is 0 Å². The van der Waals surface area contributed by atoms with E-state index in [9.17, 15) is 9.18 Å². The summed E-state index contributed by atoms with van der Waals surface area (Å²) in [5, 5.41) is 14.4. The third-order valence-corrected chi connectivity index (χ3v) is 4.15. The summed E-state index contributed by atoms with van der Waals surface area (Å²) in [5.74, 6) is -0.381. The molecule has 3 N–H and O–H groups in total. The SMILES string of the molecule is C[C@@H]1CN(c2ccc(NC(=O)NC(C)(C)CCO)cc2F)C[C@@H](C)O1. The molecule has 2 atom stereocenters. The molecule has 1 aromatic carbocycles. The van der Waals surface area contributed by atoms with Crippen molar-refractivity contribution in [2.75, 3.05) is 29.9 Å². The predicted molar refractivity (Wildman–Crippen MR) is 96.6 cm³/mol. The minimum atomic E-state index is -0.544. The molecule has 2 amide bonds. The lowest BCUT2D eigenvalue weighted by molar-refractivity contribution is -0.00539. The number of benzene rings is 1. The molecule has 0 saturated carbocycles. The Bertz CT molecular complexity index is 599. The second-order valence-corrected chi connectivity index (χ2v) is 7.27. The molecule has 0 spiro atoms. The van der Waals surface area contributed by atoms with Crippen LogP contribution in [-0.2, 0) is 4.74 Å². The van der Waals surface area contributed by atoms with Crippen LogP contribution in [0, 0.1) is 5.82 Å². The van der Waals surface area contributed by atoms with Crippen LogP contribution in [0.1, 0.15) is 34.1 Å². The number of halogens is 1. The number of ether oxygens (including phenoxy) is 1. The maximum absolute atomic E-state index is 14.5. The summed E-state index contributed by atoms with van der Waals surface area (Å²) in [7, 11) is 0. The summed E-state index contributed by atoms with van der Waals surface area (Å²) in [4.78, 5) is 14.0. The summed E-state index contributed by atoms with van der Waals surface area (Å²) < 4.78 is 20.2. The van der Waals surface area contributed by atoms with E-state index in [4.69, 9.17) is 9.84 Å². The molecule has 1 heterocycles. The van der Waals surface area contributed by atoms with Gasteiger partial charge >= 0.3 is 6.03 Å². The molecule has 0 radical (unpaired) electrons. The molecule has 1 aliphatic rings. The molecule has 1 fully saturated rings. The van der Waals surface area contributed by atoms with Gasteiger partial charge in [0.2, 0.25) is 0 Å². The maximum Gasteiger partial charge on any atom is 0.319 e. The van der Waals surface area contributed by atoms with Gasteiger partial charge < -0.3 is 25.4 Å². The Morgan fingerprint density at radius 3 is 2.56 bits per heavy atom. The van der Waals surface area contributed by atoms with E-state index in [1.165, 1.54) is 6.07 Å². The fourth-order valence-corrected chi connectivity index (χ4v) is 3.03. The van der Waals surface area contributed by atoms with E-state index in [1.807, 2.05) is 32.6 Å². The van der Waals surface area contributed by atoms with Crippen LogP contribution < -0.4 is 15.5 Å². The van der Waals surface area contributed by atoms with Crippen molar-refractivity contribution in [3.05, 3.63) is 24.0 Å². The zero-order valence-corrected chi connectivity index (χ0v) is 15.3. The van der Waals surface area contributed by atoms with E-state index in [1.54, 1.807) is 12.1 Å². The first-order valence-corrected chi connectivity index (χ1v) is 8.60. The number of carbonyl (C=O) groups is 1. The van der Waals surface area contributed by atoms with Gasteiger partial charge in [-0.3, -0.25) is 0 Å². The fraction of sp³-hybridized carbons (Fsp3) is 0.611. The summed E-state index contributed by atoms with van der Waals surface area (Å²) in [6.07, 6.45) is 0.516. The highest BCUT2D eigenvalue weighted by Gasteiger charge is 2.24. The molecule has 0 unspecified atom stereocenters. The van der Waals surface area contributed by atoms with Crippen molar-refractivity contribution in [2.24, 2.45) is 0 Å². The highest BCUT2D eigenvalue weighted by Crippen LogP contribution is 2.26. The largest absolute Gasteiger partial charge is 0.396 e. The van der Waals surface area contributed by atoms with Crippen LogP contribution in [0.3, 0.4) is 0 Å². The Morgan fingerprint density at radius 1 is 1.36 bits per heavy atom. The van der Waals surface area contributed by atoms with E-state index in [2.05, 4.69) is 10.6 Å². The number of aliphatic hydroxyl groups is 1. The molecule has 2 rings (SSSR count). The molecular formula is C18H28FN3O3. The lowest BCUT2D eigenvalue weighted by Crippen LogP contribution is -2.46. The second kappa shape index (κ2) is 8.01. The summed E-state index contributed by atoms with van der Waals surface area (Å²) in [5.41, 5.74) is 0.346. The first kappa shape index (κ1) is 19.5. The van der Waals surface area contributed by atoms with E-state index in [0.29, 0.717) is 30.9 Å². The number of aliphatic hydroxyl groups excluding tert-OH is 1. The molecule has 25 heavy (non-hydrogen) atoms. The quantitative estimate of drug-likeness (QED) is 0.761. The van der Waals surface area contributed by atoms with Gasteiger partial charge in [-0.25, -0.2) is 9.18 Å². The van der Waals surface area contributed by atoms with Gasteiger partial charge in [0.15, 0.2) is 0 Å². The number of urea groups is 1. The molecule has 0 aromatic heterocycles. The molecule has 1 aromatic rings. The van der Waals surface area contributed by atoms with Crippen LogP contribution in [0.5, 0.6) is 0 Å². The van der Waals surface area contributed by atoms with Crippen molar-refractivity contribution >= 4 is 17.4 Å². The van der Waals surface area contributed by atoms with Crippen LogP contribution >= 0.6 is 0 Å². The number of nitrogens with one attached hydrogen (secondary N) is 2. The van der Waals surface area contributed by atoms with Crippen LogP contribution in [0.2, 0.25) is 0 Å².